The minimum absolute atomic E-state index is 0.613. The van der Waals surface area contributed by atoms with Gasteiger partial charge in [0.2, 0.25) is 0 Å². The number of hydrogen-bond donors (Lipinski definition) is 1. The molecule has 0 radical (unpaired) electrons. The SMILES string of the molecule is c1ccc2c(CC3CCCCN3)nccc2c1. The van der Waals surface area contributed by atoms with Gasteiger partial charge in [-0.3, -0.25) is 4.98 Å². The van der Waals surface area contributed by atoms with Gasteiger partial charge in [0.25, 0.3) is 0 Å². The first-order chi connectivity index (χ1) is 8.43. The molecule has 3 rings (SSSR count). The third-order valence-electron chi connectivity index (χ3n) is 3.61. The highest BCUT2D eigenvalue weighted by Crippen LogP contribution is 2.19. The maximum absolute atomic E-state index is 4.56. The molecular formula is C15H18N2. The van der Waals surface area contributed by atoms with E-state index in [4.69, 9.17) is 0 Å². The summed E-state index contributed by atoms with van der Waals surface area (Å²) >= 11 is 0. The highest BCUT2D eigenvalue weighted by Gasteiger charge is 2.14. The molecule has 2 heteroatoms. The van der Waals surface area contributed by atoms with Crippen LogP contribution in [0.5, 0.6) is 0 Å². The van der Waals surface area contributed by atoms with Gasteiger partial charge in [0.1, 0.15) is 0 Å². The van der Waals surface area contributed by atoms with Crippen molar-refractivity contribution in [3.05, 3.63) is 42.2 Å². The van der Waals surface area contributed by atoms with Gasteiger partial charge in [-0.1, -0.05) is 30.7 Å². The molecule has 88 valence electrons. The second kappa shape index (κ2) is 4.84. The fourth-order valence-electron chi connectivity index (χ4n) is 2.68. The van der Waals surface area contributed by atoms with Gasteiger partial charge in [-0.25, -0.2) is 0 Å². The molecule has 1 atom stereocenters. The zero-order chi connectivity index (χ0) is 11.5. The van der Waals surface area contributed by atoms with Crippen LogP contribution < -0.4 is 5.32 Å². The average Bonchev–Trinajstić information content (AvgIpc) is 2.40. The van der Waals surface area contributed by atoms with E-state index in [2.05, 4.69) is 40.6 Å². The summed E-state index contributed by atoms with van der Waals surface area (Å²) in [7, 11) is 0. The predicted molar refractivity (Wildman–Crippen MR) is 71.1 cm³/mol. The predicted octanol–water partition coefficient (Wildman–Crippen LogP) is 2.92. The van der Waals surface area contributed by atoms with Crippen molar-refractivity contribution >= 4 is 10.8 Å². The lowest BCUT2D eigenvalue weighted by molar-refractivity contribution is 0.398. The molecule has 0 saturated carbocycles. The summed E-state index contributed by atoms with van der Waals surface area (Å²) < 4.78 is 0. The molecule has 1 fully saturated rings. The molecule has 2 aromatic rings. The van der Waals surface area contributed by atoms with E-state index in [1.54, 1.807) is 0 Å². The van der Waals surface area contributed by atoms with Crippen molar-refractivity contribution in [3.63, 3.8) is 0 Å². The largest absolute Gasteiger partial charge is 0.314 e. The standard InChI is InChI=1S/C15H18N2/c1-2-7-14-12(5-1)8-10-17-15(14)11-13-6-3-4-9-16-13/h1-2,5,7-8,10,13,16H,3-4,6,9,11H2. The highest BCUT2D eigenvalue weighted by molar-refractivity contribution is 5.84. The van der Waals surface area contributed by atoms with Gasteiger partial charge in [-0.05, 0) is 30.8 Å². The van der Waals surface area contributed by atoms with Crippen LogP contribution in [0.1, 0.15) is 25.0 Å². The zero-order valence-electron chi connectivity index (χ0n) is 10.0. The minimum Gasteiger partial charge on any atom is -0.314 e. The molecule has 17 heavy (non-hydrogen) atoms. The van der Waals surface area contributed by atoms with Gasteiger partial charge < -0.3 is 5.32 Å². The Morgan fingerprint density at radius 2 is 2.12 bits per heavy atom. The average molecular weight is 226 g/mol. The number of pyridine rings is 1. The molecule has 0 amide bonds. The van der Waals surface area contributed by atoms with Crippen LogP contribution in [0.3, 0.4) is 0 Å². The van der Waals surface area contributed by atoms with Crippen molar-refractivity contribution in [3.8, 4) is 0 Å². The number of aromatic nitrogens is 1. The molecule has 0 spiro atoms. The lowest BCUT2D eigenvalue weighted by Crippen LogP contribution is -2.35. The maximum atomic E-state index is 4.56. The molecule has 1 aliphatic heterocycles. The molecule has 1 N–H and O–H groups in total. The van der Waals surface area contributed by atoms with E-state index in [9.17, 15) is 0 Å². The van der Waals surface area contributed by atoms with E-state index < -0.39 is 0 Å². The third-order valence-corrected chi connectivity index (χ3v) is 3.61. The summed E-state index contributed by atoms with van der Waals surface area (Å²) in [5.41, 5.74) is 1.24. The van der Waals surface area contributed by atoms with Gasteiger partial charge in [0.15, 0.2) is 0 Å². The van der Waals surface area contributed by atoms with E-state index in [-0.39, 0.29) is 0 Å². The van der Waals surface area contributed by atoms with Crippen molar-refractivity contribution in [2.75, 3.05) is 6.54 Å². The topological polar surface area (TPSA) is 24.9 Å². The number of fused-ring (bicyclic) bond motifs is 1. The number of hydrogen-bond acceptors (Lipinski definition) is 2. The van der Waals surface area contributed by atoms with Crippen LogP contribution in [-0.2, 0) is 6.42 Å². The van der Waals surface area contributed by atoms with Crippen molar-refractivity contribution in [2.24, 2.45) is 0 Å². The van der Waals surface area contributed by atoms with E-state index in [1.165, 1.54) is 35.7 Å². The minimum atomic E-state index is 0.613. The summed E-state index contributed by atoms with van der Waals surface area (Å²) in [5, 5.41) is 6.20. The van der Waals surface area contributed by atoms with Crippen LogP contribution in [0.4, 0.5) is 0 Å². The van der Waals surface area contributed by atoms with Crippen molar-refractivity contribution in [1.29, 1.82) is 0 Å². The number of nitrogens with zero attached hydrogens (tertiary/aromatic N) is 1. The first-order valence-electron chi connectivity index (χ1n) is 6.49. The Hall–Kier alpha value is -1.41. The van der Waals surface area contributed by atoms with E-state index >= 15 is 0 Å². The summed E-state index contributed by atoms with van der Waals surface area (Å²) in [6.07, 6.45) is 6.94. The van der Waals surface area contributed by atoms with Crippen LogP contribution in [0, 0.1) is 0 Å². The molecule has 0 bridgehead atoms. The third kappa shape index (κ3) is 2.32. The van der Waals surface area contributed by atoms with E-state index in [1.807, 2.05) is 6.20 Å². The molecule has 1 aliphatic rings. The quantitative estimate of drug-likeness (QED) is 0.851. The highest BCUT2D eigenvalue weighted by atomic mass is 14.9. The molecule has 1 aromatic carbocycles. The Balaban J connectivity index is 1.89. The van der Waals surface area contributed by atoms with Crippen LogP contribution in [-0.4, -0.2) is 17.6 Å². The smallest absolute Gasteiger partial charge is 0.0497 e. The van der Waals surface area contributed by atoms with Crippen molar-refractivity contribution < 1.29 is 0 Å². The lowest BCUT2D eigenvalue weighted by atomic mass is 9.98. The monoisotopic (exact) mass is 226 g/mol. The number of nitrogens with one attached hydrogen (secondary N) is 1. The first kappa shape index (κ1) is 10.7. The molecule has 1 saturated heterocycles. The Bertz CT molecular complexity index is 496. The molecule has 2 nitrogen and oxygen atoms in total. The van der Waals surface area contributed by atoms with E-state index in [0.717, 1.165) is 13.0 Å². The van der Waals surface area contributed by atoms with Crippen molar-refractivity contribution in [1.82, 2.24) is 10.3 Å². The Labute approximate surface area is 102 Å². The Kier molecular flexibility index (Phi) is 3.06. The number of benzene rings is 1. The Morgan fingerprint density at radius 3 is 3.00 bits per heavy atom. The fourth-order valence-corrected chi connectivity index (χ4v) is 2.68. The Morgan fingerprint density at radius 1 is 1.18 bits per heavy atom. The first-order valence-corrected chi connectivity index (χ1v) is 6.49. The maximum Gasteiger partial charge on any atom is 0.0497 e. The van der Waals surface area contributed by atoms with Crippen molar-refractivity contribution in [2.45, 2.75) is 31.7 Å². The van der Waals surface area contributed by atoms with Crippen LogP contribution in [0.25, 0.3) is 10.8 Å². The molecule has 1 unspecified atom stereocenters. The molecule has 0 aliphatic carbocycles. The van der Waals surface area contributed by atoms with Crippen LogP contribution in [0.15, 0.2) is 36.5 Å². The summed E-state index contributed by atoms with van der Waals surface area (Å²) in [6.45, 7) is 1.16. The molecular weight excluding hydrogens is 208 g/mol. The van der Waals surface area contributed by atoms with Crippen LogP contribution in [0.2, 0.25) is 0 Å². The number of piperidine rings is 1. The fraction of sp³-hybridized carbons (Fsp3) is 0.400. The zero-order valence-corrected chi connectivity index (χ0v) is 10.0. The van der Waals surface area contributed by atoms with E-state index in [0.29, 0.717) is 6.04 Å². The second-order valence-corrected chi connectivity index (χ2v) is 4.83. The molecule has 2 heterocycles. The van der Waals surface area contributed by atoms with Gasteiger partial charge in [0, 0.05) is 29.7 Å². The van der Waals surface area contributed by atoms with Gasteiger partial charge in [-0.2, -0.15) is 0 Å². The van der Waals surface area contributed by atoms with Gasteiger partial charge in [-0.15, -0.1) is 0 Å². The van der Waals surface area contributed by atoms with Crippen LogP contribution >= 0.6 is 0 Å². The molecule has 1 aromatic heterocycles. The summed E-state index contributed by atoms with van der Waals surface area (Å²) in [6, 6.07) is 11.2. The summed E-state index contributed by atoms with van der Waals surface area (Å²) in [4.78, 5) is 4.56. The summed E-state index contributed by atoms with van der Waals surface area (Å²) in [5.74, 6) is 0. The van der Waals surface area contributed by atoms with Gasteiger partial charge in [0.05, 0.1) is 0 Å². The van der Waals surface area contributed by atoms with Gasteiger partial charge >= 0.3 is 0 Å². The lowest BCUT2D eigenvalue weighted by Gasteiger charge is -2.23. The second-order valence-electron chi connectivity index (χ2n) is 4.83. The normalized spacial score (nSPS) is 20.6. The number of rotatable bonds is 2.